The summed E-state index contributed by atoms with van der Waals surface area (Å²) in [6.07, 6.45) is 0.860. The predicted molar refractivity (Wildman–Crippen MR) is 117 cm³/mol. The van der Waals surface area contributed by atoms with Gasteiger partial charge in [0, 0.05) is 28.8 Å². The number of aliphatic hydroxyl groups excluding tert-OH is 1. The molecule has 31 heavy (non-hydrogen) atoms. The molecule has 0 aliphatic heterocycles. The molecule has 0 aliphatic rings. The molecule has 158 valence electrons. The summed E-state index contributed by atoms with van der Waals surface area (Å²) in [5.74, 6) is 1.14. The molecule has 0 fully saturated rings. The van der Waals surface area contributed by atoms with Crippen LogP contribution in [0.1, 0.15) is 28.9 Å². The number of amides is 1. The standard InChI is InChI=1S/C23H22N4O4/c1-13(28)14-8-9-21(26-22(14)15-6-4-5-7-16(15)23(24)29)27-12-25-17-10-19(30-2)20(31-3)11-18(17)27/h4-13,28H,1-3H3,(H2,24,29). The van der Waals surface area contributed by atoms with Gasteiger partial charge in [0.15, 0.2) is 11.5 Å². The van der Waals surface area contributed by atoms with Crippen molar-refractivity contribution >= 4 is 16.9 Å². The number of aromatic nitrogens is 3. The molecule has 4 aromatic rings. The number of imidazole rings is 1. The molecule has 1 unspecified atom stereocenters. The molecule has 8 heteroatoms. The lowest BCUT2D eigenvalue weighted by molar-refractivity contribution is 0.100. The number of nitrogens with zero attached hydrogens (tertiary/aromatic N) is 3. The Hall–Kier alpha value is -3.91. The van der Waals surface area contributed by atoms with E-state index in [-0.39, 0.29) is 0 Å². The molecule has 2 heterocycles. The Kier molecular flexibility index (Phi) is 5.31. The molecular weight excluding hydrogens is 396 g/mol. The Morgan fingerprint density at radius 2 is 1.81 bits per heavy atom. The minimum Gasteiger partial charge on any atom is -0.493 e. The van der Waals surface area contributed by atoms with Crippen LogP contribution in [-0.4, -0.2) is 39.8 Å². The largest absolute Gasteiger partial charge is 0.493 e. The molecule has 1 atom stereocenters. The molecule has 0 radical (unpaired) electrons. The zero-order valence-corrected chi connectivity index (χ0v) is 17.4. The average Bonchev–Trinajstić information content (AvgIpc) is 3.20. The number of ether oxygens (including phenoxy) is 2. The third kappa shape index (κ3) is 3.57. The zero-order chi connectivity index (χ0) is 22.1. The Bertz CT molecular complexity index is 1280. The van der Waals surface area contributed by atoms with Gasteiger partial charge in [-0.15, -0.1) is 0 Å². The van der Waals surface area contributed by atoms with E-state index in [1.165, 1.54) is 0 Å². The van der Waals surface area contributed by atoms with Crippen LogP contribution >= 0.6 is 0 Å². The molecule has 0 saturated carbocycles. The number of hydrogen-bond donors (Lipinski definition) is 2. The molecule has 3 N–H and O–H groups in total. The van der Waals surface area contributed by atoms with Gasteiger partial charge < -0.3 is 20.3 Å². The molecular formula is C23H22N4O4. The molecule has 0 spiro atoms. The molecule has 1 amide bonds. The molecule has 2 aromatic carbocycles. The van der Waals surface area contributed by atoms with Crippen LogP contribution in [0.15, 0.2) is 54.9 Å². The number of carbonyl (C=O) groups excluding carboxylic acids is 1. The second-order valence-corrected chi connectivity index (χ2v) is 7.00. The van der Waals surface area contributed by atoms with Gasteiger partial charge in [0.05, 0.1) is 37.1 Å². The molecule has 0 bridgehead atoms. The maximum Gasteiger partial charge on any atom is 0.249 e. The van der Waals surface area contributed by atoms with E-state index in [1.54, 1.807) is 74.5 Å². The predicted octanol–water partition coefficient (Wildman–Crippen LogP) is 3.26. The number of nitrogens with two attached hydrogens (primary N) is 1. The fourth-order valence-electron chi connectivity index (χ4n) is 3.57. The Labute approximate surface area is 178 Å². The van der Waals surface area contributed by atoms with Crippen molar-refractivity contribution in [3.8, 4) is 28.6 Å². The van der Waals surface area contributed by atoms with Crippen LogP contribution in [0.25, 0.3) is 28.1 Å². The van der Waals surface area contributed by atoms with Crippen LogP contribution in [0.5, 0.6) is 11.5 Å². The number of fused-ring (bicyclic) bond motifs is 1. The number of rotatable bonds is 6. The summed E-state index contributed by atoms with van der Waals surface area (Å²) in [5.41, 5.74) is 8.99. The first kappa shape index (κ1) is 20.4. The van der Waals surface area contributed by atoms with E-state index < -0.39 is 12.0 Å². The van der Waals surface area contributed by atoms with E-state index in [1.807, 2.05) is 6.07 Å². The maximum atomic E-state index is 12.0. The van der Waals surface area contributed by atoms with Gasteiger partial charge >= 0.3 is 0 Å². The van der Waals surface area contributed by atoms with Crippen molar-refractivity contribution in [2.24, 2.45) is 5.73 Å². The lowest BCUT2D eigenvalue weighted by atomic mass is 9.97. The molecule has 0 aliphatic carbocycles. The first-order chi connectivity index (χ1) is 14.9. The second kappa shape index (κ2) is 8.08. The summed E-state index contributed by atoms with van der Waals surface area (Å²) in [5, 5.41) is 10.3. The van der Waals surface area contributed by atoms with Crippen LogP contribution in [0.2, 0.25) is 0 Å². The van der Waals surface area contributed by atoms with Gasteiger partial charge in [-0.1, -0.05) is 24.3 Å². The first-order valence-corrected chi connectivity index (χ1v) is 9.62. The summed E-state index contributed by atoms with van der Waals surface area (Å²) in [4.78, 5) is 21.2. The summed E-state index contributed by atoms with van der Waals surface area (Å²) in [7, 11) is 3.14. The molecule has 4 rings (SSSR count). The Balaban J connectivity index is 1.95. The van der Waals surface area contributed by atoms with Crippen LogP contribution < -0.4 is 15.2 Å². The van der Waals surface area contributed by atoms with Gasteiger partial charge in [0.1, 0.15) is 12.1 Å². The van der Waals surface area contributed by atoms with E-state index in [4.69, 9.17) is 20.2 Å². The lowest BCUT2D eigenvalue weighted by Gasteiger charge is -2.16. The molecule has 0 saturated heterocycles. The average molecular weight is 418 g/mol. The van der Waals surface area contributed by atoms with Crippen molar-refractivity contribution < 1.29 is 19.4 Å². The van der Waals surface area contributed by atoms with Gasteiger partial charge in [0.25, 0.3) is 0 Å². The minimum absolute atomic E-state index is 0.330. The van der Waals surface area contributed by atoms with Crippen LogP contribution in [0.4, 0.5) is 0 Å². The highest BCUT2D eigenvalue weighted by Crippen LogP contribution is 2.34. The van der Waals surface area contributed by atoms with Crippen LogP contribution in [0, 0.1) is 0 Å². The monoisotopic (exact) mass is 418 g/mol. The van der Waals surface area contributed by atoms with Crippen molar-refractivity contribution in [3.05, 3.63) is 66.0 Å². The first-order valence-electron chi connectivity index (χ1n) is 9.62. The fourth-order valence-corrected chi connectivity index (χ4v) is 3.57. The quantitative estimate of drug-likeness (QED) is 0.497. The molecule has 8 nitrogen and oxygen atoms in total. The topological polar surface area (TPSA) is 112 Å². The van der Waals surface area contributed by atoms with Gasteiger partial charge in [-0.25, -0.2) is 9.97 Å². The highest BCUT2D eigenvalue weighted by atomic mass is 16.5. The third-order valence-corrected chi connectivity index (χ3v) is 5.11. The fraction of sp³-hybridized carbons (Fsp3) is 0.174. The number of benzene rings is 2. The smallest absolute Gasteiger partial charge is 0.249 e. The van der Waals surface area contributed by atoms with Crippen molar-refractivity contribution in [1.82, 2.24) is 14.5 Å². The highest BCUT2D eigenvalue weighted by Gasteiger charge is 2.19. The second-order valence-electron chi connectivity index (χ2n) is 7.00. The van der Waals surface area contributed by atoms with Gasteiger partial charge in [-0.05, 0) is 19.1 Å². The van der Waals surface area contributed by atoms with Gasteiger partial charge in [-0.2, -0.15) is 0 Å². The normalized spacial score (nSPS) is 12.0. The van der Waals surface area contributed by atoms with E-state index in [2.05, 4.69) is 4.98 Å². The van der Waals surface area contributed by atoms with E-state index in [9.17, 15) is 9.90 Å². The number of primary amides is 1. The molecule has 2 aromatic heterocycles. The summed E-state index contributed by atoms with van der Waals surface area (Å²) in [6.45, 7) is 1.65. The van der Waals surface area contributed by atoms with E-state index in [0.717, 1.165) is 5.52 Å². The SMILES string of the molecule is COc1cc2ncn(-c3ccc(C(C)O)c(-c4ccccc4C(N)=O)n3)c2cc1OC. The third-order valence-electron chi connectivity index (χ3n) is 5.11. The number of pyridine rings is 1. The van der Waals surface area contributed by atoms with Crippen LogP contribution in [-0.2, 0) is 0 Å². The van der Waals surface area contributed by atoms with Crippen molar-refractivity contribution in [3.63, 3.8) is 0 Å². The summed E-state index contributed by atoms with van der Waals surface area (Å²) >= 11 is 0. The van der Waals surface area contributed by atoms with E-state index >= 15 is 0 Å². The van der Waals surface area contributed by atoms with E-state index in [0.29, 0.717) is 45.2 Å². The van der Waals surface area contributed by atoms with Crippen LogP contribution in [0.3, 0.4) is 0 Å². The zero-order valence-electron chi connectivity index (χ0n) is 17.4. The number of hydrogen-bond acceptors (Lipinski definition) is 6. The van der Waals surface area contributed by atoms with Gasteiger partial charge in [-0.3, -0.25) is 9.36 Å². The van der Waals surface area contributed by atoms with Crippen molar-refractivity contribution in [1.29, 1.82) is 0 Å². The number of carbonyl (C=O) groups is 1. The number of aliphatic hydroxyl groups is 1. The van der Waals surface area contributed by atoms with Crippen molar-refractivity contribution in [2.75, 3.05) is 14.2 Å². The Morgan fingerprint density at radius 3 is 2.48 bits per heavy atom. The van der Waals surface area contributed by atoms with Gasteiger partial charge in [0.2, 0.25) is 5.91 Å². The summed E-state index contributed by atoms with van der Waals surface area (Å²) < 4.78 is 12.6. The lowest BCUT2D eigenvalue weighted by Crippen LogP contribution is -2.13. The van der Waals surface area contributed by atoms with Crippen molar-refractivity contribution in [2.45, 2.75) is 13.0 Å². The summed E-state index contributed by atoms with van der Waals surface area (Å²) in [6, 6.07) is 14.1. The highest BCUT2D eigenvalue weighted by molar-refractivity contribution is 5.99. The number of methoxy groups -OCH3 is 2. The maximum absolute atomic E-state index is 12.0. The minimum atomic E-state index is -0.790. The Morgan fingerprint density at radius 1 is 1.10 bits per heavy atom.